The summed E-state index contributed by atoms with van der Waals surface area (Å²) < 4.78 is 18.5. The summed E-state index contributed by atoms with van der Waals surface area (Å²) in [5, 5.41) is 9.32. The Morgan fingerprint density at radius 3 is 2.40 bits per heavy atom. The topological polar surface area (TPSA) is 73.6 Å². The Hall–Kier alpha value is -3.66. The molecule has 0 unspecified atom stereocenters. The number of esters is 1. The molecule has 6 nitrogen and oxygen atoms in total. The molecule has 0 aliphatic carbocycles. The van der Waals surface area contributed by atoms with E-state index in [2.05, 4.69) is 0 Å². The van der Waals surface area contributed by atoms with Crippen molar-refractivity contribution in [2.75, 3.05) is 26.0 Å². The Balaban J connectivity index is 2.03. The van der Waals surface area contributed by atoms with Crippen LogP contribution in [0.4, 0.5) is 10.1 Å². The van der Waals surface area contributed by atoms with Crippen molar-refractivity contribution in [3.8, 4) is 6.07 Å². The number of hydrogen-bond acceptors (Lipinski definition) is 5. The van der Waals surface area contributed by atoms with E-state index in [0.717, 1.165) is 5.69 Å². The number of carbonyl (C=O) groups excluding carboxylic acids is 2. The predicted molar refractivity (Wildman–Crippen MR) is 113 cm³/mol. The lowest BCUT2D eigenvalue weighted by molar-refractivity contribution is -0.155. The molecule has 0 aromatic heterocycles. The fourth-order valence-electron chi connectivity index (χ4n) is 2.74. The molecule has 0 radical (unpaired) electrons. The number of amides is 1. The van der Waals surface area contributed by atoms with Gasteiger partial charge in [0.2, 0.25) is 0 Å². The average Bonchev–Trinajstić information content (AvgIpc) is 2.71. The van der Waals surface area contributed by atoms with Crippen molar-refractivity contribution in [3.63, 3.8) is 0 Å². The zero-order valence-corrected chi connectivity index (χ0v) is 17.4. The highest BCUT2D eigenvalue weighted by Crippen LogP contribution is 2.16. The van der Waals surface area contributed by atoms with Crippen molar-refractivity contribution in [1.82, 2.24) is 4.90 Å². The molecule has 1 atom stereocenters. The van der Waals surface area contributed by atoms with E-state index in [0.29, 0.717) is 11.1 Å². The van der Waals surface area contributed by atoms with E-state index in [-0.39, 0.29) is 12.1 Å². The van der Waals surface area contributed by atoms with Crippen molar-refractivity contribution in [1.29, 1.82) is 5.26 Å². The van der Waals surface area contributed by atoms with E-state index in [9.17, 15) is 19.2 Å². The van der Waals surface area contributed by atoms with Crippen LogP contribution in [0.3, 0.4) is 0 Å². The second kappa shape index (κ2) is 10.2. The number of carbonyl (C=O) groups is 2. The molecule has 2 aromatic carbocycles. The minimum Gasteiger partial charge on any atom is -0.448 e. The van der Waals surface area contributed by atoms with Gasteiger partial charge in [-0.15, -0.1) is 0 Å². The van der Waals surface area contributed by atoms with E-state index in [1.54, 1.807) is 24.3 Å². The summed E-state index contributed by atoms with van der Waals surface area (Å²) in [5.74, 6) is -1.73. The molecule has 2 aromatic rings. The Labute approximate surface area is 175 Å². The summed E-state index contributed by atoms with van der Waals surface area (Å²) in [6, 6.07) is 15.0. The van der Waals surface area contributed by atoms with Crippen LogP contribution in [-0.4, -0.2) is 44.0 Å². The standard InChI is InChI=1S/C23H24FN3O3/c1-16(22(28)27(4)15-18-6-5-7-20(24)13-18)30-23(29)19(14-25)12-17-8-10-21(11-9-17)26(2)3/h5-13,16H,15H2,1-4H3/b19-12+/t16-/m1/s1. The van der Waals surface area contributed by atoms with E-state index in [1.165, 1.54) is 37.1 Å². The van der Waals surface area contributed by atoms with Crippen molar-refractivity contribution < 1.29 is 18.7 Å². The molecule has 0 bridgehead atoms. The zero-order chi connectivity index (χ0) is 22.3. The van der Waals surface area contributed by atoms with Gasteiger partial charge >= 0.3 is 5.97 Å². The van der Waals surface area contributed by atoms with E-state index >= 15 is 0 Å². The highest BCUT2D eigenvalue weighted by Gasteiger charge is 2.23. The van der Waals surface area contributed by atoms with Gasteiger partial charge in [-0.05, 0) is 48.4 Å². The third-order valence-electron chi connectivity index (χ3n) is 4.38. The summed E-state index contributed by atoms with van der Waals surface area (Å²) in [6.45, 7) is 1.60. The summed E-state index contributed by atoms with van der Waals surface area (Å²) in [4.78, 5) is 28.1. The number of likely N-dealkylation sites (N-methyl/N-ethyl adjacent to an activating group) is 1. The molecule has 156 valence electrons. The van der Waals surface area contributed by atoms with Gasteiger partial charge in [0, 0.05) is 33.4 Å². The van der Waals surface area contributed by atoms with Gasteiger partial charge in [0.1, 0.15) is 17.5 Å². The highest BCUT2D eigenvalue weighted by molar-refractivity contribution is 5.99. The maximum absolute atomic E-state index is 13.3. The first-order valence-electron chi connectivity index (χ1n) is 9.31. The molecule has 0 aliphatic heterocycles. The highest BCUT2D eigenvalue weighted by atomic mass is 19.1. The minimum atomic E-state index is -1.09. The van der Waals surface area contributed by atoms with Crippen molar-refractivity contribution in [3.05, 3.63) is 71.0 Å². The van der Waals surface area contributed by atoms with Crippen LogP contribution in [0.25, 0.3) is 6.08 Å². The van der Waals surface area contributed by atoms with Gasteiger partial charge in [-0.3, -0.25) is 4.79 Å². The number of nitriles is 1. The summed E-state index contributed by atoms with van der Waals surface area (Å²) >= 11 is 0. The van der Waals surface area contributed by atoms with Crippen molar-refractivity contribution in [2.24, 2.45) is 0 Å². The van der Waals surface area contributed by atoms with Crippen LogP contribution in [-0.2, 0) is 20.9 Å². The summed E-state index contributed by atoms with van der Waals surface area (Å²) in [5.41, 5.74) is 2.05. The van der Waals surface area contributed by atoms with Crippen LogP contribution in [0.5, 0.6) is 0 Å². The molecule has 1 amide bonds. The quantitative estimate of drug-likeness (QED) is 0.398. The lowest BCUT2D eigenvalue weighted by Crippen LogP contribution is -2.37. The molecule has 0 aliphatic rings. The number of anilines is 1. The summed E-state index contributed by atoms with van der Waals surface area (Å²) in [6.07, 6.45) is 0.319. The Morgan fingerprint density at radius 1 is 1.17 bits per heavy atom. The average molecular weight is 409 g/mol. The fourth-order valence-corrected chi connectivity index (χ4v) is 2.74. The van der Waals surface area contributed by atoms with Gasteiger partial charge in [0.15, 0.2) is 6.10 Å². The van der Waals surface area contributed by atoms with Crippen LogP contribution in [0, 0.1) is 17.1 Å². The normalized spacial score (nSPS) is 11.9. The third kappa shape index (κ3) is 6.17. The number of nitrogens with zero attached hydrogens (tertiary/aromatic N) is 3. The molecule has 0 saturated heterocycles. The predicted octanol–water partition coefficient (Wildman–Crippen LogP) is 3.39. The molecule has 30 heavy (non-hydrogen) atoms. The Kier molecular flexibility index (Phi) is 7.70. The van der Waals surface area contributed by atoms with Gasteiger partial charge < -0.3 is 14.5 Å². The fraction of sp³-hybridized carbons (Fsp3) is 0.261. The molecular weight excluding hydrogens is 385 g/mol. The van der Waals surface area contributed by atoms with Crippen LogP contribution in [0.15, 0.2) is 54.1 Å². The molecule has 0 N–H and O–H groups in total. The van der Waals surface area contributed by atoms with Gasteiger partial charge in [0.05, 0.1) is 0 Å². The van der Waals surface area contributed by atoms with E-state index in [4.69, 9.17) is 4.74 Å². The van der Waals surface area contributed by atoms with Crippen molar-refractivity contribution in [2.45, 2.75) is 19.6 Å². The maximum atomic E-state index is 13.3. The molecule has 0 spiro atoms. The van der Waals surface area contributed by atoms with E-state index in [1.807, 2.05) is 37.2 Å². The zero-order valence-electron chi connectivity index (χ0n) is 17.4. The molecule has 0 saturated carbocycles. The van der Waals surface area contributed by atoms with Gasteiger partial charge in [0.25, 0.3) is 5.91 Å². The summed E-state index contributed by atoms with van der Waals surface area (Å²) in [7, 11) is 5.35. The maximum Gasteiger partial charge on any atom is 0.349 e. The molecule has 0 heterocycles. The number of ether oxygens (including phenoxy) is 1. The first kappa shape index (κ1) is 22.6. The second-order valence-corrected chi connectivity index (χ2v) is 7.03. The Bertz CT molecular complexity index is 978. The molecule has 7 heteroatoms. The second-order valence-electron chi connectivity index (χ2n) is 7.03. The lowest BCUT2D eigenvalue weighted by Gasteiger charge is -2.21. The van der Waals surface area contributed by atoms with Crippen LogP contribution >= 0.6 is 0 Å². The molecular formula is C23H24FN3O3. The van der Waals surface area contributed by atoms with Gasteiger partial charge in [-0.2, -0.15) is 5.26 Å². The SMILES string of the molecule is C[C@@H](OC(=O)/C(C#N)=C/c1ccc(N(C)C)cc1)C(=O)N(C)Cc1cccc(F)c1. The van der Waals surface area contributed by atoms with Crippen LogP contribution in [0.1, 0.15) is 18.1 Å². The molecule has 2 rings (SSSR count). The van der Waals surface area contributed by atoms with E-state index < -0.39 is 23.8 Å². The van der Waals surface area contributed by atoms with Crippen molar-refractivity contribution >= 4 is 23.6 Å². The first-order valence-corrected chi connectivity index (χ1v) is 9.31. The van der Waals surface area contributed by atoms with Crippen LogP contribution in [0.2, 0.25) is 0 Å². The number of halogens is 1. The molecule has 0 fully saturated rings. The smallest absolute Gasteiger partial charge is 0.349 e. The first-order chi connectivity index (χ1) is 14.2. The third-order valence-corrected chi connectivity index (χ3v) is 4.38. The Morgan fingerprint density at radius 2 is 1.83 bits per heavy atom. The number of hydrogen-bond donors (Lipinski definition) is 0. The lowest BCUT2D eigenvalue weighted by atomic mass is 10.1. The number of benzene rings is 2. The monoisotopic (exact) mass is 409 g/mol. The number of rotatable bonds is 7. The van der Waals surface area contributed by atoms with Gasteiger partial charge in [-0.25, -0.2) is 9.18 Å². The van der Waals surface area contributed by atoms with Gasteiger partial charge in [-0.1, -0.05) is 24.3 Å². The largest absolute Gasteiger partial charge is 0.448 e. The van der Waals surface area contributed by atoms with Crippen LogP contribution < -0.4 is 4.90 Å². The minimum absolute atomic E-state index is 0.164.